The van der Waals surface area contributed by atoms with Crippen LogP contribution in [0.3, 0.4) is 0 Å². The molecule has 8 heteroatoms. The molecule has 0 unspecified atom stereocenters. The fraction of sp³-hybridized carbons (Fsp3) is 0.0952. The lowest BCUT2D eigenvalue weighted by atomic mass is 10.2. The second kappa shape index (κ2) is 8.06. The van der Waals surface area contributed by atoms with Gasteiger partial charge in [-0.2, -0.15) is 0 Å². The number of carbonyl (C=O) groups excluding carboxylic acids is 1. The molecule has 0 atom stereocenters. The third-order valence-electron chi connectivity index (χ3n) is 4.25. The summed E-state index contributed by atoms with van der Waals surface area (Å²) in [6, 6.07) is 15.2. The average Bonchev–Trinajstić information content (AvgIpc) is 3.09. The number of ether oxygens (including phenoxy) is 1. The van der Waals surface area contributed by atoms with E-state index in [0.29, 0.717) is 32.7 Å². The van der Waals surface area contributed by atoms with Gasteiger partial charge in [0.05, 0.1) is 11.4 Å². The van der Waals surface area contributed by atoms with Crippen LogP contribution in [-0.2, 0) is 6.61 Å². The van der Waals surface area contributed by atoms with Crippen molar-refractivity contribution in [1.82, 2.24) is 9.38 Å². The summed E-state index contributed by atoms with van der Waals surface area (Å²) in [4.78, 5) is 29.9. The molecule has 0 aliphatic carbocycles. The number of para-hydroxylation sites is 2. The maximum atomic E-state index is 12.5. The van der Waals surface area contributed by atoms with Crippen LogP contribution < -0.4 is 15.6 Å². The monoisotopic (exact) mass is 425 g/mol. The first-order chi connectivity index (χ1) is 14.0. The molecular weight excluding hydrogens is 410 g/mol. The lowest BCUT2D eigenvalue weighted by Gasteiger charge is -2.12. The van der Waals surface area contributed by atoms with Gasteiger partial charge in [0, 0.05) is 27.7 Å². The Morgan fingerprint density at radius 3 is 2.76 bits per heavy atom. The molecule has 4 rings (SSSR count). The molecule has 146 valence electrons. The quantitative estimate of drug-likeness (QED) is 0.509. The highest BCUT2D eigenvalue weighted by atomic mass is 35.5. The number of nitrogens with zero attached hydrogens (tertiary/aromatic N) is 2. The standard InChI is InChI=1S/C21H16ClN3O3S/c1-13-12-29-21-23-16(10-19(26)25(13)21)11-28-18-5-3-2-4-17(18)24-20(27)14-6-8-15(22)9-7-14/h2-10,12H,11H2,1H3,(H,24,27). The van der Waals surface area contributed by atoms with E-state index < -0.39 is 0 Å². The highest BCUT2D eigenvalue weighted by Gasteiger charge is 2.11. The predicted octanol–water partition coefficient (Wildman–Crippen LogP) is 4.55. The Hall–Kier alpha value is -3.16. The molecule has 0 fully saturated rings. The minimum Gasteiger partial charge on any atom is -0.485 e. The van der Waals surface area contributed by atoms with E-state index in [1.165, 1.54) is 17.4 Å². The third kappa shape index (κ3) is 4.16. The van der Waals surface area contributed by atoms with Crippen molar-refractivity contribution in [3.8, 4) is 5.75 Å². The van der Waals surface area contributed by atoms with E-state index in [1.807, 2.05) is 12.3 Å². The van der Waals surface area contributed by atoms with Crippen molar-refractivity contribution in [3.05, 3.63) is 92.3 Å². The molecule has 0 aliphatic heterocycles. The summed E-state index contributed by atoms with van der Waals surface area (Å²) in [5.74, 6) is 0.212. The highest BCUT2D eigenvalue weighted by Crippen LogP contribution is 2.25. The van der Waals surface area contributed by atoms with Crippen LogP contribution in [-0.4, -0.2) is 15.3 Å². The van der Waals surface area contributed by atoms with Crippen molar-refractivity contribution in [2.75, 3.05) is 5.32 Å². The minimum absolute atomic E-state index is 0.108. The van der Waals surface area contributed by atoms with Crippen LogP contribution >= 0.6 is 22.9 Å². The number of fused-ring (bicyclic) bond motifs is 1. The van der Waals surface area contributed by atoms with Crippen LogP contribution in [0.25, 0.3) is 4.96 Å². The summed E-state index contributed by atoms with van der Waals surface area (Å²) < 4.78 is 7.41. The first-order valence-corrected chi connectivity index (χ1v) is 10.0. The number of benzene rings is 2. The summed E-state index contributed by atoms with van der Waals surface area (Å²) in [6.07, 6.45) is 0. The van der Waals surface area contributed by atoms with Gasteiger partial charge in [-0.25, -0.2) is 4.98 Å². The fourth-order valence-electron chi connectivity index (χ4n) is 2.82. The molecule has 1 N–H and O–H groups in total. The normalized spacial score (nSPS) is 10.8. The van der Waals surface area contributed by atoms with E-state index in [-0.39, 0.29) is 18.1 Å². The summed E-state index contributed by atoms with van der Waals surface area (Å²) >= 11 is 7.27. The fourth-order valence-corrected chi connectivity index (χ4v) is 3.83. The molecule has 0 aliphatic rings. The summed E-state index contributed by atoms with van der Waals surface area (Å²) in [7, 11) is 0. The lowest BCUT2D eigenvalue weighted by molar-refractivity contribution is 0.102. The van der Waals surface area contributed by atoms with Crippen molar-refractivity contribution in [2.45, 2.75) is 13.5 Å². The largest absolute Gasteiger partial charge is 0.485 e. The Bertz CT molecular complexity index is 1250. The average molecular weight is 426 g/mol. The summed E-state index contributed by atoms with van der Waals surface area (Å²) in [6.45, 7) is 1.97. The number of hydrogen-bond donors (Lipinski definition) is 1. The van der Waals surface area contributed by atoms with Crippen LogP contribution in [0.2, 0.25) is 5.02 Å². The zero-order valence-electron chi connectivity index (χ0n) is 15.4. The Morgan fingerprint density at radius 2 is 1.97 bits per heavy atom. The third-order valence-corrected chi connectivity index (χ3v) is 5.44. The molecule has 0 spiro atoms. The number of amides is 1. The Kier molecular flexibility index (Phi) is 5.33. The van der Waals surface area contributed by atoms with Gasteiger partial charge in [0.1, 0.15) is 12.4 Å². The van der Waals surface area contributed by atoms with E-state index in [2.05, 4.69) is 10.3 Å². The molecule has 2 aromatic carbocycles. The van der Waals surface area contributed by atoms with Gasteiger partial charge in [-0.3, -0.25) is 14.0 Å². The topological polar surface area (TPSA) is 72.7 Å². The smallest absolute Gasteiger partial charge is 0.259 e. The number of halogens is 1. The Balaban J connectivity index is 1.52. The van der Waals surface area contributed by atoms with Gasteiger partial charge in [-0.15, -0.1) is 11.3 Å². The van der Waals surface area contributed by atoms with Gasteiger partial charge in [0.25, 0.3) is 11.5 Å². The van der Waals surface area contributed by atoms with Crippen molar-refractivity contribution in [1.29, 1.82) is 0 Å². The van der Waals surface area contributed by atoms with Crippen molar-refractivity contribution >= 4 is 39.5 Å². The minimum atomic E-state index is -0.274. The molecule has 6 nitrogen and oxygen atoms in total. The molecule has 0 radical (unpaired) electrons. The van der Waals surface area contributed by atoms with Crippen LogP contribution in [0.1, 0.15) is 21.7 Å². The van der Waals surface area contributed by atoms with E-state index in [9.17, 15) is 9.59 Å². The molecule has 0 saturated heterocycles. The van der Waals surface area contributed by atoms with Gasteiger partial charge in [0.2, 0.25) is 0 Å². The number of hydrogen-bond acceptors (Lipinski definition) is 5. The number of aryl methyl sites for hydroxylation is 1. The SMILES string of the molecule is Cc1csc2nc(COc3ccccc3NC(=O)c3ccc(Cl)cc3)cc(=O)n12. The predicted molar refractivity (Wildman–Crippen MR) is 114 cm³/mol. The molecule has 4 aromatic rings. The number of rotatable bonds is 5. The second-order valence-electron chi connectivity index (χ2n) is 6.33. The maximum absolute atomic E-state index is 12.5. The first kappa shape index (κ1) is 19.2. The maximum Gasteiger partial charge on any atom is 0.259 e. The number of aromatic nitrogens is 2. The molecule has 1 amide bonds. The van der Waals surface area contributed by atoms with Crippen molar-refractivity contribution in [3.63, 3.8) is 0 Å². The van der Waals surface area contributed by atoms with Crippen LogP contribution in [0.5, 0.6) is 5.75 Å². The van der Waals surface area contributed by atoms with Gasteiger partial charge >= 0.3 is 0 Å². The highest BCUT2D eigenvalue weighted by molar-refractivity contribution is 7.15. The van der Waals surface area contributed by atoms with Crippen molar-refractivity contribution in [2.24, 2.45) is 0 Å². The van der Waals surface area contributed by atoms with E-state index in [1.54, 1.807) is 52.9 Å². The van der Waals surface area contributed by atoms with Gasteiger partial charge in [-0.1, -0.05) is 23.7 Å². The number of carbonyl (C=O) groups is 1. The number of nitrogens with one attached hydrogen (secondary N) is 1. The van der Waals surface area contributed by atoms with Crippen LogP contribution in [0.15, 0.2) is 64.8 Å². The van der Waals surface area contributed by atoms with Gasteiger partial charge < -0.3 is 10.1 Å². The van der Waals surface area contributed by atoms with Crippen LogP contribution in [0, 0.1) is 6.92 Å². The molecule has 29 heavy (non-hydrogen) atoms. The molecule has 0 saturated carbocycles. The van der Waals surface area contributed by atoms with Crippen molar-refractivity contribution < 1.29 is 9.53 Å². The summed E-state index contributed by atoms with van der Waals surface area (Å²) in [5, 5.41) is 5.28. The van der Waals surface area contributed by atoms with E-state index >= 15 is 0 Å². The molecule has 2 aromatic heterocycles. The summed E-state index contributed by atoms with van der Waals surface area (Å²) in [5.41, 5.74) is 2.24. The van der Waals surface area contributed by atoms with Gasteiger partial charge in [0.15, 0.2) is 4.96 Å². The lowest BCUT2D eigenvalue weighted by Crippen LogP contribution is -2.16. The number of anilines is 1. The van der Waals surface area contributed by atoms with E-state index in [4.69, 9.17) is 16.3 Å². The van der Waals surface area contributed by atoms with E-state index in [0.717, 1.165) is 5.69 Å². The van der Waals surface area contributed by atoms with Crippen LogP contribution in [0.4, 0.5) is 5.69 Å². The Labute approximate surface area is 175 Å². The number of thiazole rings is 1. The Morgan fingerprint density at radius 1 is 1.21 bits per heavy atom. The first-order valence-electron chi connectivity index (χ1n) is 8.77. The second-order valence-corrected chi connectivity index (χ2v) is 7.60. The molecular formula is C21H16ClN3O3S. The molecule has 2 heterocycles. The molecule has 0 bridgehead atoms. The zero-order chi connectivity index (χ0) is 20.4. The zero-order valence-corrected chi connectivity index (χ0v) is 17.0. The van der Waals surface area contributed by atoms with Gasteiger partial charge in [-0.05, 0) is 43.3 Å².